The van der Waals surface area contributed by atoms with Crippen molar-refractivity contribution in [2.24, 2.45) is 7.05 Å². The lowest BCUT2D eigenvalue weighted by Crippen LogP contribution is -2.29. The Morgan fingerprint density at radius 3 is 2.45 bits per heavy atom. The van der Waals surface area contributed by atoms with Crippen molar-refractivity contribution in [3.63, 3.8) is 0 Å². The number of hydrogen-bond acceptors (Lipinski definition) is 7. The third kappa shape index (κ3) is 5.87. The fourth-order valence-electron chi connectivity index (χ4n) is 5.05. The SMILES string of the molecule is C=CC(=O)Nc1cc(Nc2ncnc(-c3c(-c4ccccc4)n(C)c4ccccc34)n2)c(C)cc1N(C)CCN(C)C. The number of carbonyl (C=O) groups is 1. The second-order valence-corrected chi connectivity index (χ2v) is 10.5. The van der Waals surface area contributed by atoms with Gasteiger partial charge in [0.1, 0.15) is 6.33 Å². The minimum absolute atomic E-state index is 0.279. The second-order valence-electron chi connectivity index (χ2n) is 10.5. The molecule has 9 heteroatoms. The number of aromatic nitrogens is 4. The lowest BCUT2D eigenvalue weighted by Gasteiger charge is -2.25. The summed E-state index contributed by atoms with van der Waals surface area (Å²) < 4.78 is 2.18. The first-order valence-corrected chi connectivity index (χ1v) is 13.8. The molecule has 0 fully saturated rings. The summed E-state index contributed by atoms with van der Waals surface area (Å²) in [6.45, 7) is 7.30. The van der Waals surface area contributed by atoms with Crippen LogP contribution in [0.3, 0.4) is 0 Å². The van der Waals surface area contributed by atoms with Crippen LogP contribution in [-0.2, 0) is 11.8 Å². The van der Waals surface area contributed by atoms with Crippen molar-refractivity contribution in [2.45, 2.75) is 6.92 Å². The molecule has 9 nitrogen and oxygen atoms in total. The quantitative estimate of drug-likeness (QED) is 0.206. The molecule has 214 valence electrons. The number of carbonyl (C=O) groups excluding carboxylic acids is 1. The van der Waals surface area contributed by atoms with Crippen LogP contribution in [-0.4, -0.2) is 64.6 Å². The van der Waals surface area contributed by atoms with Gasteiger partial charge in [0.15, 0.2) is 5.82 Å². The highest BCUT2D eigenvalue weighted by Gasteiger charge is 2.21. The molecule has 0 aliphatic carbocycles. The number of nitrogens with zero attached hydrogens (tertiary/aromatic N) is 6. The van der Waals surface area contributed by atoms with Crippen molar-refractivity contribution in [1.82, 2.24) is 24.4 Å². The number of hydrogen-bond donors (Lipinski definition) is 2. The Morgan fingerprint density at radius 2 is 1.71 bits per heavy atom. The van der Waals surface area contributed by atoms with Crippen molar-refractivity contribution in [3.8, 4) is 22.6 Å². The minimum Gasteiger partial charge on any atom is -0.372 e. The first-order chi connectivity index (χ1) is 20.3. The number of rotatable bonds is 10. The van der Waals surface area contributed by atoms with Crippen molar-refractivity contribution < 1.29 is 4.79 Å². The maximum Gasteiger partial charge on any atom is 0.247 e. The van der Waals surface area contributed by atoms with Crippen LogP contribution in [0.5, 0.6) is 0 Å². The highest BCUT2D eigenvalue weighted by molar-refractivity contribution is 6.03. The maximum absolute atomic E-state index is 12.3. The third-order valence-electron chi connectivity index (χ3n) is 7.28. The molecule has 3 aromatic carbocycles. The zero-order chi connectivity index (χ0) is 29.8. The third-order valence-corrected chi connectivity index (χ3v) is 7.28. The molecule has 1 amide bonds. The van der Waals surface area contributed by atoms with Gasteiger partial charge in [-0.05, 0) is 56.4 Å². The summed E-state index contributed by atoms with van der Waals surface area (Å²) in [5, 5.41) is 7.39. The van der Waals surface area contributed by atoms with E-state index in [1.807, 2.05) is 64.5 Å². The summed E-state index contributed by atoms with van der Waals surface area (Å²) >= 11 is 0. The van der Waals surface area contributed by atoms with E-state index in [1.165, 1.54) is 12.4 Å². The van der Waals surface area contributed by atoms with E-state index in [0.717, 1.165) is 57.8 Å². The van der Waals surface area contributed by atoms with Gasteiger partial charge < -0.3 is 25.0 Å². The molecular weight excluding hydrogens is 524 g/mol. The van der Waals surface area contributed by atoms with E-state index in [0.29, 0.717) is 17.5 Å². The Morgan fingerprint density at radius 1 is 0.976 bits per heavy atom. The predicted molar refractivity (Wildman–Crippen MR) is 172 cm³/mol. The van der Waals surface area contributed by atoms with Crippen LogP contribution in [0, 0.1) is 6.92 Å². The summed E-state index contributed by atoms with van der Waals surface area (Å²) in [5.41, 5.74) is 7.48. The van der Waals surface area contributed by atoms with Crippen molar-refractivity contribution in [2.75, 3.05) is 49.8 Å². The molecule has 5 aromatic rings. The van der Waals surface area contributed by atoms with Gasteiger partial charge in [-0.1, -0.05) is 55.1 Å². The van der Waals surface area contributed by atoms with Crippen LogP contribution < -0.4 is 15.5 Å². The largest absolute Gasteiger partial charge is 0.372 e. The summed E-state index contributed by atoms with van der Waals surface area (Å²) in [4.78, 5) is 30.5. The van der Waals surface area contributed by atoms with Crippen molar-refractivity contribution >= 4 is 39.8 Å². The number of anilines is 4. The monoisotopic (exact) mass is 560 g/mol. The van der Waals surface area contributed by atoms with Crippen LogP contribution in [0.4, 0.5) is 23.0 Å². The van der Waals surface area contributed by atoms with E-state index in [1.54, 1.807) is 0 Å². The Balaban J connectivity index is 1.55. The summed E-state index contributed by atoms with van der Waals surface area (Å²) in [6, 6.07) is 22.5. The fraction of sp³-hybridized carbons (Fsp3) is 0.212. The molecular formula is C33H36N8O. The number of benzene rings is 3. The molecule has 2 heterocycles. The molecule has 0 atom stereocenters. The van der Waals surface area contributed by atoms with E-state index >= 15 is 0 Å². The number of nitrogens with one attached hydrogen (secondary N) is 2. The van der Waals surface area contributed by atoms with Gasteiger partial charge in [0.05, 0.1) is 22.6 Å². The molecule has 0 aliphatic heterocycles. The van der Waals surface area contributed by atoms with E-state index in [2.05, 4.69) is 78.9 Å². The van der Waals surface area contributed by atoms with Crippen LogP contribution in [0.25, 0.3) is 33.5 Å². The average molecular weight is 561 g/mol. The highest BCUT2D eigenvalue weighted by atomic mass is 16.1. The van der Waals surface area contributed by atoms with Crippen molar-refractivity contribution in [3.05, 3.63) is 91.3 Å². The van der Waals surface area contributed by atoms with Gasteiger partial charge in [0.25, 0.3) is 0 Å². The average Bonchev–Trinajstić information content (AvgIpc) is 3.30. The number of amides is 1. The zero-order valence-electron chi connectivity index (χ0n) is 24.7. The van der Waals surface area contributed by atoms with Gasteiger partial charge in [0.2, 0.25) is 11.9 Å². The number of para-hydroxylation sites is 1. The zero-order valence-corrected chi connectivity index (χ0v) is 24.7. The molecule has 0 aliphatic rings. The fourth-order valence-corrected chi connectivity index (χ4v) is 5.05. The molecule has 0 bridgehead atoms. The van der Waals surface area contributed by atoms with Crippen LogP contribution >= 0.6 is 0 Å². The number of likely N-dealkylation sites (N-methyl/N-ethyl adjacent to an activating group) is 2. The molecule has 2 aromatic heterocycles. The molecule has 0 unspecified atom stereocenters. The Hall–Kier alpha value is -5.02. The molecule has 0 spiro atoms. The molecule has 42 heavy (non-hydrogen) atoms. The van der Waals surface area contributed by atoms with Crippen LogP contribution in [0.2, 0.25) is 0 Å². The van der Waals surface area contributed by atoms with Gasteiger partial charge in [-0.25, -0.2) is 9.97 Å². The minimum atomic E-state index is -0.279. The van der Waals surface area contributed by atoms with E-state index in [4.69, 9.17) is 4.98 Å². The smallest absolute Gasteiger partial charge is 0.247 e. The molecule has 2 N–H and O–H groups in total. The van der Waals surface area contributed by atoms with Gasteiger partial charge >= 0.3 is 0 Å². The molecule has 0 radical (unpaired) electrons. The summed E-state index contributed by atoms with van der Waals surface area (Å²) in [6.07, 6.45) is 2.80. The second kappa shape index (κ2) is 12.2. The molecule has 5 rings (SSSR count). The highest BCUT2D eigenvalue weighted by Crippen LogP contribution is 2.39. The van der Waals surface area contributed by atoms with Crippen LogP contribution in [0.1, 0.15) is 5.56 Å². The van der Waals surface area contributed by atoms with Gasteiger partial charge in [0, 0.05) is 43.8 Å². The lowest BCUT2D eigenvalue weighted by atomic mass is 10.0. The lowest BCUT2D eigenvalue weighted by molar-refractivity contribution is -0.111. The topological polar surface area (TPSA) is 91.2 Å². The van der Waals surface area contributed by atoms with E-state index < -0.39 is 0 Å². The van der Waals surface area contributed by atoms with Crippen LogP contribution in [0.15, 0.2) is 85.7 Å². The Kier molecular flexibility index (Phi) is 8.31. The first kappa shape index (κ1) is 28.5. The van der Waals surface area contributed by atoms with E-state index in [9.17, 15) is 4.79 Å². The Bertz CT molecular complexity index is 1740. The Labute approximate surface area is 246 Å². The van der Waals surface area contributed by atoms with Gasteiger partial charge in [-0.15, -0.1) is 0 Å². The normalized spacial score (nSPS) is 11.1. The number of aryl methyl sites for hydroxylation is 2. The van der Waals surface area contributed by atoms with Gasteiger partial charge in [-0.3, -0.25) is 4.79 Å². The van der Waals surface area contributed by atoms with Crippen molar-refractivity contribution in [1.29, 1.82) is 0 Å². The maximum atomic E-state index is 12.3. The molecule has 0 saturated heterocycles. The standard InChI is InChI=1S/C33H36N8O/c1-7-29(42)36-26-20-25(22(2)19-28(26)40(5)18-17-39(3)4)37-33-35-21-34-32(38-33)30-24-15-11-12-16-27(24)41(6)31(30)23-13-9-8-10-14-23/h7-16,19-21H,1,17-18H2,2-6H3,(H,36,42)(H,34,35,37,38). The summed E-state index contributed by atoms with van der Waals surface area (Å²) in [7, 11) is 8.16. The van der Waals surface area contributed by atoms with Gasteiger partial charge in [-0.2, -0.15) is 4.98 Å². The van der Waals surface area contributed by atoms with E-state index in [-0.39, 0.29) is 5.91 Å². The first-order valence-electron chi connectivity index (χ1n) is 13.8. The number of fused-ring (bicyclic) bond motifs is 1. The molecule has 0 saturated carbocycles. The summed E-state index contributed by atoms with van der Waals surface area (Å²) in [5.74, 6) is 0.699. The predicted octanol–water partition coefficient (Wildman–Crippen LogP) is 5.87.